The number of halogens is 1. The van der Waals surface area contributed by atoms with Gasteiger partial charge < -0.3 is 0 Å². The van der Waals surface area contributed by atoms with E-state index in [1.54, 1.807) is 36.4 Å². The van der Waals surface area contributed by atoms with E-state index < -0.39 is 9.84 Å². The molecule has 0 radical (unpaired) electrons. The molecule has 1 heterocycles. The van der Waals surface area contributed by atoms with Gasteiger partial charge in [-0.15, -0.1) is 0 Å². The Morgan fingerprint density at radius 1 is 0.950 bits per heavy atom. The van der Waals surface area contributed by atoms with E-state index in [1.165, 1.54) is 18.3 Å². The molecule has 3 aromatic rings. The standard InChI is InChI=1S/C14H9ClN2O2S/c15-10-6-7-12-13(8-10)16-9-14(17-12)20(18,19)11-4-2-1-3-5-11/h1-9H. The Labute approximate surface area is 121 Å². The molecule has 0 spiro atoms. The van der Waals surface area contributed by atoms with E-state index in [9.17, 15) is 8.42 Å². The summed E-state index contributed by atoms with van der Waals surface area (Å²) < 4.78 is 24.8. The van der Waals surface area contributed by atoms with Crippen molar-refractivity contribution < 1.29 is 8.42 Å². The van der Waals surface area contributed by atoms with Gasteiger partial charge in [0.2, 0.25) is 9.84 Å². The summed E-state index contributed by atoms with van der Waals surface area (Å²) in [5, 5.41) is 0.462. The lowest BCUT2D eigenvalue weighted by atomic mass is 10.3. The number of hydrogen-bond acceptors (Lipinski definition) is 4. The van der Waals surface area contributed by atoms with E-state index in [0.717, 1.165) is 0 Å². The molecule has 2 aromatic carbocycles. The molecule has 0 aliphatic rings. The van der Waals surface area contributed by atoms with Gasteiger partial charge in [0.25, 0.3) is 0 Å². The minimum Gasteiger partial charge on any atom is -0.252 e. The van der Waals surface area contributed by atoms with Crippen LogP contribution in [0.15, 0.2) is 64.6 Å². The maximum Gasteiger partial charge on any atom is 0.225 e. The van der Waals surface area contributed by atoms with Gasteiger partial charge in [-0.2, -0.15) is 0 Å². The number of aromatic nitrogens is 2. The summed E-state index contributed by atoms with van der Waals surface area (Å²) in [6, 6.07) is 13.1. The lowest BCUT2D eigenvalue weighted by molar-refractivity contribution is 0.592. The van der Waals surface area contributed by atoms with Crippen LogP contribution in [0.2, 0.25) is 5.02 Å². The summed E-state index contributed by atoms with van der Waals surface area (Å²) in [5.41, 5.74) is 1.05. The fourth-order valence-corrected chi connectivity index (χ4v) is 3.15. The summed E-state index contributed by atoms with van der Waals surface area (Å²) in [7, 11) is -3.65. The predicted octanol–water partition coefficient (Wildman–Crippen LogP) is 3.12. The molecular formula is C14H9ClN2O2S. The molecule has 0 aliphatic carbocycles. The Balaban J connectivity index is 2.18. The third-order valence-corrected chi connectivity index (χ3v) is 4.69. The SMILES string of the molecule is O=S(=O)(c1ccccc1)c1cnc2cc(Cl)ccc2n1. The molecular weight excluding hydrogens is 296 g/mol. The fraction of sp³-hybridized carbons (Fsp3) is 0. The number of rotatable bonds is 2. The van der Waals surface area contributed by atoms with Gasteiger partial charge >= 0.3 is 0 Å². The molecule has 0 aliphatic heterocycles. The Morgan fingerprint density at radius 2 is 1.70 bits per heavy atom. The summed E-state index contributed by atoms with van der Waals surface area (Å²) in [4.78, 5) is 8.46. The summed E-state index contributed by atoms with van der Waals surface area (Å²) in [5.74, 6) is 0. The molecule has 6 heteroatoms. The summed E-state index contributed by atoms with van der Waals surface area (Å²) in [6.07, 6.45) is 1.25. The first-order chi connectivity index (χ1) is 9.57. The van der Waals surface area contributed by atoms with E-state index in [0.29, 0.717) is 16.1 Å². The van der Waals surface area contributed by atoms with E-state index in [-0.39, 0.29) is 9.92 Å². The quantitative estimate of drug-likeness (QED) is 0.730. The Bertz CT molecular complexity index is 880. The highest BCUT2D eigenvalue weighted by Gasteiger charge is 2.19. The first-order valence-corrected chi connectivity index (χ1v) is 7.66. The number of fused-ring (bicyclic) bond motifs is 1. The van der Waals surface area contributed by atoms with E-state index in [1.807, 2.05) is 0 Å². The zero-order valence-electron chi connectivity index (χ0n) is 10.2. The van der Waals surface area contributed by atoms with Crippen molar-refractivity contribution in [2.45, 2.75) is 9.92 Å². The fourth-order valence-electron chi connectivity index (χ4n) is 1.82. The number of benzene rings is 2. The van der Waals surface area contributed by atoms with Crippen molar-refractivity contribution >= 4 is 32.5 Å². The van der Waals surface area contributed by atoms with Crippen LogP contribution in [0.1, 0.15) is 0 Å². The van der Waals surface area contributed by atoms with Gasteiger partial charge in [0.15, 0.2) is 5.03 Å². The van der Waals surface area contributed by atoms with Gasteiger partial charge in [-0.25, -0.2) is 13.4 Å². The molecule has 4 nitrogen and oxygen atoms in total. The average Bonchev–Trinajstić information content (AvgIpc) is 2.47. The Kier molecular flexibility index (Phi) is 3.16. The second-order valence-corrected chi connectivity index (χ2v) is 6.49. The highest BCUT2D eigenvalue weighted by molar-refractivity contribution is 7.91. The van der Waals surface area contributed by atoms with Gasteiger partial charge in [0.05, 0.1) is 22.1 Å². The summed E-state index contributed by atoms with van der Waals surface area (Å²) in [6.45, 7) is 0. The van der Waals surface area contributed by atoms with Crippen LogP contribution in [-0.4, -0.2) is 18.4 Å². The normalized spacial score (nSPS) is 11.7. The van der Waals surface area contributed by atoms with Gasteiger partial charge in [-0.3, -0.25) is 4.98 Å². The minimum atomic E-state index is -3.65. The lowest BCUT2D eigenvalue weighted by Crippen LogP contribution is -2.05. The molecule has 3 rings (SSSR count). The van der Waals surface area contributed by atoms with Crippen molar-refractivity contribution in [2.75, 3.05) is 0 Å². The third kappa shape index (κ3) is 2.26. The maximum atomic E-state index is 12.4. The topological polar surface area (TPSA) is 59.9 Å². The van der Waals surface area contributed by atoms with Gasteiger partial charge in [-0.1, -0.05) is 29.8 Å². The van der Waals surface area contributed by atoms with Gasteiger partial charge in [0.1, 0.15) is 0 Å². The third-order valence-electron chi connectivity index (χ3n) is 2.81. The second kappa shape index (κ2) is 4.85. The van der Waals surface area contributed by atoms with Crippen molar-refractivity contribution in [3.05, 3.63) is 59.8 Å². The zero-order valence-corrected chi connectivity index (χ0v) is 11.8. The summed E-state index contributed by atoms with van der Waals surface area (Å²) >= 11 is 5.86. The highest BCUT2D eigenvalue weighted by atomic mass is 35.5. The molecule has 0 N–H and O–H groups in total. The largest absolute Gasteiger partial charge is 0.252 e. The van der Waals surface area contributed by atoms with Crippen LogP contribution in [0.25, 0.3) is 11.0 Å². The van der Waals surface area contributed by atoms with Crippen LogP contribution in [-0.2, 0) is 9.84 Å². The molecule has 0 bridgehead atoms. The monoisotopic (exact) mass is 304 g/mol. The molecule has 1 aromatic heterocycles. The van der Waals surface area contributed by atoms with Crippen LogP contribution >= 0.6 is 11.6 Å². The van der Waals surface area contributed by atoms with Crippen molar-refractivity contribution in [3.8, 4) is 0 Å². The van der Waals surface area contributed by atoms with Crippen LogP contribution in [0, 0.1) is 0 Å². The smallest absolute Gasteiger partial charge is 0.225 e. The van der Waals surface area contributed by atoms with Crippen LogP contribution < -0.4 is 0 Å². The maximum absolute atomic E-state index is 12.4. The molecule has 0 unspecified atom stereocenters. The van der Waals surface area contributed by atoms with Crippen LogP contribution in [0.4, 0.5) is 0 Å². The van der Waals surface area contributed by atoms with Crippen LogP contribution in [0.5, 0.6) is 0 Å². The van der Waals surface area contributed by atoms with Crippen LogP contribution in [0.3, 0.4) is 0 Å². The highest BCUT2D eigenvalue weighted by Crippen LogP contribution is 2.21. The molecule has 0 fully saturated rings. The molecule has 0 saturated carbocycles. The minimum absolute atomic E-state index is 0.0708. The average molecular weight is 305 g/mol. The first-order valence-electron chi connectivity index (χ1n) is 5.80. The number of hydrogen-bond donors (Lipinski definition) is 0. The Hall–Kier alpha value is -1.98. The van der Waals surface area contributed by atoms with Gasteiger partial charge in [0, 0.05) is 5.02 Å². The van der Waals surface area contributed by atoms with Crippen molar-refractivity contribution in [3.63, 3.8) is 0 Å². The number of nitrogens with zero attached hydrogens (tertiary/aromatic N) is 2. The Morgan fingerprint density at radius 3 is 2.45 bits per heavy atom. The van der Waals surface area contributed by atoms with E-state index >= 15 is 0 Å². The van der Waals surface area contributed by atoms with E-state index in [2.05, 4.69) is 9.97 Å². The first kappa shape index (κ1) is 13.0. The van der Waals surface area contributed by atoms with Crippen molar-refractivity contribution in [2.24, 2.45) is 0 Å². The van der Waals surface area contributed by atoms with E-state index in [4.69, 9.17) is 11.6 Å². The molecule has 0 saturated heterocycles. The zero-order chi connectivity index (χ0) is 14.2. The van der Waals surface area contributed by atoms with Gasteiger partial charge in [-0.05, 0) is 30.3 Å². The number of sulfone groups is 1. The lowest BCUT2D eigenvalue weighted by Gasteiger charge is -2.04. The predicted molar refractivity (Wildman–Crippen MR) is 76.4 cm³/mol. The molecule has 100 valence electrons. The van der Waals surface area contributed by atoms with Crippen molar-refractivity contribution in [1.29, 1.82) is 0 Å². The van der Waals surface area contributed by atoms with Crippen molar-refractivity contribution in [1.82, 2.24) is 9.97 Å². The molecule has 20 heavy (non-hydrogen) atoms. The molecule has 0 atom stereocenters. The second-order valence-electron chi connectivity index (χ2n) is 4.16. The molecule has 0 amide bonds.